The molecule has 0 fully saturated rings. The molecule has 29 heavy (non-hydrogen) atoms. The maximum Gasteiger partial charge on any atom is 0.282 e. The van der Waals surface area contributed by atoms with Crippen molar-refractivity contribution < 1.29 is 19.2 Å². The van der Waals surface area contributed by atoms with Gasteiger partial charge in [0.1, 0.15) is 11.3 Å². The highest BCUT2D eigenvalue weighted by molar-refractivity contribution is 6.07. The van der Waals surface area contributed by atoms with Crippen LogP contribution in [0.2, 0.25) is 0 Å². The van der Waals surface area contributed by atoms with Crippen molar-refractivity contribution in [1.82, 2.24) is 0 Å². The number of benzene rings is 3. The summed E-state index contributed by atoms with van der Waals surface area (Å²) in [4.78, 5) is 35.2. The van der Waals surface area contributed by atoms with Gasteiger partial charge in [-0.3, -0.25) is 19.7 Å². The van der Waals surface area contributed by atoms with Gasteiger partial charge in [-0.25, -0.2) is 0 Å². The van der Waals surface area contributed by atoms with Gasteiger partial charge < -0.3 is 10.1 Å². The number of nitro benzene ring substituents is 1. The lowest BCUT2D eigenvalue weighted by Gasteiger charge is -2.14. The molecular weight excluding hydrogens is 372 g/mol. The number of nitrogens with one attached hydrogen (secondary N) is 1. The first kappa shape index (κ1) is 19.8. The van der Waals surface area contributed by atoms with Gasteiger partial charge in [-0.1, -0.05) is 42.5 Å². The second kappa shape index (κ2) is 8.79. The number of carbonyl (C=O) groups excluding carboxylic acids is 2. The number of ketones is 1. The number of nitro groups is 1. The minimum absolute atomic E-state index is 0.0279. The molecule has 0 saturated heterocycles. The zero-order valence-electron chi connectivity index (χ0n) is 15.6. The summed E-state index contributed by atoms with van der Waals surface area (Å²) in [6.07, 6.45) is -0.676. The maximum absolute atomic E-state index is 12.4. The van der Waals surface area contributed by atoms with Crippen LogP contribution in [0.15, 0.2) is 78.9 Å². The van der Waals surface area contributed by atoms with Gasteiger partial charge in [-0.05, 0) is 37.3 Å². The summed E-state index contributed by atoms with van der Waals surface area (Å²) in [6, 6.07) is 21.0. The number of Topliss-reactive ketones (excluding diaryl/α,β-unsaturated/α-hetero) is 1. The van der Waals surface area contributed by atoms with E-state index in [-0.39, 0.29) is 17.0 Å². The summed E-state index contributed by atoms with van der Waals surface area (Å²) in [6.45, 7) is 1.67. The minimum atomic E-state index is -0.676. The molecule has 0 saturated carbocycles. The third-order valence-corrected chi connectivity index (χ3v) is 4.20. The quantitative estimate of drug-likeness (QED) is 0.364. The Labute approximate surface area is 167 Å². The van der Waals surface area contributed by atoms with Gasteiger partial charge in [0.25, 0.3) is 11.6 Å². The van der Waals surface area contributed by atoms with Gasteiger partial charge in [0.2, 0.25) is 5.78 Å². The van der Waals surface area contributed by atoms with Crippen molar-refractivity contribution in [3.8, 4) is 5.75 Å². The Bertz CT molecular complexity index is 1030. The second-order valence-electron chi connectivity index (χ2n) is 6.24. The molecule has 1 amide bonds. The van der Waals surface area contributed by atoms with Crippen molar-refractivity contribution >= 4 is 23.1 Å². The molecule has 3 rings (SSSR count). The molecule has 0 spiro atoms. The lowest BCUT2D eigenvalue weighted by molar-refractivity contribution is -0.385. The van der Waals surface area contributed by atoms with Crippen LogP contribution in [0.25, 0.3) is 0 Å². The van der Waals surface area contributed by atoms with Crippen LogP contribution in [0.4, 0.5) is 11.4 Å². The fourth-order valence-corrected chi connectivity index (χ4v) is 2.73. The van der Waals surface area contributed by atoms with Gasteiger partial charge in [-0.15, -0.1) is 0 Å². The van der Waals surface area contributed by atoms with Gasteiger partial charge in [0.05, 0.1) is 4.92 Å². The Morgan fingerprint density at radius 2 is 1.55 bits per heavy atom. The van der Waals surface area contributed by atoms with E-state index in [1.807, 2.05) is 6.07 Å². The number of hydrogen-bond acceptors (Lipinski definition) is 5. The van der Waals surface area contributed by atoms with Crippen LogP contribution in [-0.4, -0.2) is 22.7 Å². The van der Waals surface area contributed by atoms with Crippen LogP contribution in [0.5, 0.6) is 5.75 Å². The molecule has 3 aromatic rings. The van der Waals surface area contributed by atoms with E-state index < -0.39 is 16.9 Å². The van der Waals surface area contributed by atoms with Crippen molar-refractivity contribution in [2.75, 3.05) is 5.32 Å². The predicted molar refractivity (Wildman–Crippen MR) is 108 cm³/mol. The molecular formula is C22H18N2O5. The van der Waals surface area contributed by atoms with E-state index in [2.05, 4.69) is 5.32 Å². The fourth-order valence-electron chi connectivity index (χ4n) is 2.73. The van der Waals surface area contributed by atoms with E-state index in [9.17, 15) is 19.7 Å². The number of anilines is 1. The van der Waals surface area contributed by atoms with E-state index in [1.165, 1.54) is 18.2 Å². The molecule has 0 aliphatic carbocycles. The van der Waals surface area contributed by atoms with E-state index >= 15 is 0 Å². The number of nitrogens with zero attached hydrogens (tertiary/aromatic N) is 1. The van der Waals surface area contributed by atoms with Crippen LogP contribution in [0, 0.1) is 10.1 Å². The van der Waals surface area contributed by atoms with Crippen LogP contribution < -0.4 is 10.1 Å². The Hall–Kier alpha value is -4.00. The molecule has 1 atom stereocenters. The van der Waals surface area contributed by atoms with Crippen LogP contribution in [0.1, 0.15) is 27.6 Å². The van der Waals surface area contributed by atoms with E-state index in [4.69, 9.17) is 4.74 Å². The number of rotatable bonds is 7. The van der Waals surface area contributed by atoms with Crippen molar-refractivity contribution in [1.29, 1.82) is 0 Å². The molecule has 146 valence electrons. The molecule has 0 aliphatic rings. The van der Waals surface area contributed by atoms with E-state index in [0.717, 1.165) is 0 Å². The molecule has 1 N–H and O–H groups in total. The average Bonchev–Trinajstić information content (AvgIpc) is 2.75. The van der Waals surface area contributed by atoms with Crippen molar-refractivity contribution in [3.05, 3.63) is 100 Å². The highest BCUT2D eigenvalue weighted by Crippen LogP contribution is 2.22. The molecule has 0 aliphatic heterocycles. The number of hydrogen-bond donors (Lipinski definition) is 1. The SMILES string of the molecule is CC(Oc1ccc(NC(=O)c2ccccc2[N+](=O)[O-])cc1)C(=O)c1ccccc1. The summed E-state index contributed by atoms with van der Waals surface area (Å²) in [5.74, 6) is -0.261. The number of para-hydroxylation sites is 1. The second-order valence-corrected chi connectivity index (χ2v) is 6.24. The third-order valence-electron chi connectivity index (χ3n) is 4.20. The van der Waals surface area contributed by atoms with Crippen molar-refractivity contribution in [2.24, 2.45) is 0 Å². The Kier molecular flexibility index (Phi) is 5.99. The summed E-state index contributed by atoms with van der Waals surface area (Å²) in [7, 11) is 0. The summed E-state index contributed by atoms with van der Waals surface area (Å²) < 4.78 is 5.67. The molecule has 0 heterocycles. The van der Waals surface area contributed by atoms with Gasteiger partial charge >= 0.3 is 0 Å². The first-order chi connectivity index (χ1) is 14.0. The molecule has 0 radical (unpaired) electrons. The lowest BCUT2D eigenvalue weighted by atomic mass is 10.1. The monoisotopic (exact) mass is 390 g/mol. The molecule has 7 heteroatoms. The van der Waals surface area contributed by atoms with E-state index in [1.54, 1.807) is 61.5 Å². The van der Waals surface area contributed by atoms with Gasteiger partial charge in [0, 0.05) is 17.3 Å². The Morgan fingerprint density at radius 1 is 0.931 bits per heavy atom. The molecule has 0 aromatic heterocycles. The number of carbonyl (C=O) groups is 2. The maximum atomic E-state index is 12.4. The van der Waals surface area contributed by atoms with Crippen LogP contribution in [-0.2, 0) is 0 Å². The van der Waals surface area contributed by atoms with Crippen LogP contribution >= 0.6 is 0 Å². The highest BCUT2D eigenvalue weighted by atomic mass is 16.6. The van der Waals surface area contributed by atoms with Crippen LogP contribution in [0.3, 0.4) is 0 Å². The van der Waals surface area contributed by atoms with Gasteiger partial charge in [0.15, 0.2) is 6.10 Å². The summed E-state index contributed by atoms with van der Waals surface area (Å²) in [5, 5.41) is 13.7. The summed E-state index contributed by atoms with van der Waals surface area (Å²) in [5.41, 5.74) is 0.717. The Morgan fingerprint density at radius 3 is 2.21 bits per heavy atom. The van der Waals surface area contributed by atoms with Crippen molar-refractivity contribution in [2.45, 2.75) is 13.0 Å². The molecule has 3 aromatic carbocycles. The lowest BCUT2D eigenvalue weighted by Crippen LogP contribution is -2.23. The van der Waals surface area contributed by atoms with Crippen molar-refractivity contribution in [3.63, 3.8) is 0 Å². The zero-order chi connectivity index (χ0) is 20.8. The standard InChI is InChI=1S/C22H18N2O5/c1-15(21(25)16-7-3-2-4-8-16)29-18-13-11-17(12-14-18)23-22(26)19-9-5-6-10-20(19)24(27)28/h2-15H,1H3,(H,23,26). The van der Waals surface area contributed by atoms with E-state index in [0.29, 0.717) is 17.0 Å². The average molecular weight is 390 g/mol. The highest BCUT2D eigenvalue weighted by Gasteiger charge is 2.19. The largest absolute Gasteiger partial charge is 0.483 e. The van der Waals surface area contributed by atoms with Gasteiger partial charge in [-0.2, -0.15) is 0 Å². The smallest absolute Gasteiger partial charge is 0.282 e. The molecule has 7 nitrogen and oxygen atoms in total. The first-order valence-electron chi connectivity index (χ1n) is 8.86. The fraction of sp³-hybridized carbons (Fsp3) is 0.0909. The third kappa shape index (κ3) is 4.84. The zero-order valence-corrected chi connectivity index (χ0v) is 15.6. The Balaban J connectivity index is 1.65. The summed E-state index contributed by atoms with van der Waals surface area (Å²) >= 11 is 0. The minimum Gasteiger partial charge on any atom is -0.483 e. The predicted octanol–water partition coefficient (Wildman–Crippen LogP) is 4.50. The number of amides is 1. The molecule has 1 unspecified atom stereocenters. The number of ether oxygens (including phenoxy) is 1. The normalized spacial score (nSPS) is 11.3. The first-order valence-corrected chi connectivity index (χ1v) is 8.86. The molecule has 0 bridgehead atoms. The topological polar surface area (TPSA) is 98.5 Å².